The van der Waals surface area contributed by atoms with Gasteiger partial charge in [-0.1, -0.05) is 13.8 Å². The van der Waals surface area contributed by atoms with Gasteiger partial charge in [0.05, 0.1) is 20.8 Å². The number of hydrogen-bond acceptors (Lipinski definition) is 4. The quantitative estimate of drug-likeness (QED) is 0.850. The number of anilines is 1. The largest absolute Gasteiger partial charge is 0.493 e. The third-order valence-electron chi connectivity index (χ3n) is 2.70. The van der Waals surface area contributed by atoms with Crippen LogP contribution in [0.25, 0.3) is 0 Å². The molecule has 0 aliphatic carbocycles. The van der Waals surface area contributed by atoms with Gasteiger partial charge in [0.15, 0.2) is 11.5 Å². The molecule has 106 valence electrons. The molecule has 0 aliphatic heterocycles. The zero-order valence-electron chi connectivity index (χ0n) is 12.0. The number of nitrogens with two attached hydrogens (primary N) is 1. The van der Waals surface area contributed by atoms with E-state index < -0.39 is 0 Å². The maximum atomic E-state index is 11.9. The van der Waals surface area contributed by atoms with Gasteiger partial charge in [-0.05, 0) is 18.1 Å². The third kappa shape index (κ3) is 3.86. The van der Waals surface area contributed by atoms with E-state index in [9.17, 15) is 4.79 Å². The first-order valence-corrected chi connectivity index (χ1v) is 6.26. The number of rotatable bonds is 6. The molecule has 0 atom stereocenters. The van der Waals surface area contributed by atoms with E-state index in [0.29, 0.717) is 24.0 Å². The molecule has 0 fully saturated rings. The number of carbonyl (C=O) groups excluding carboxylic acids is 1. The van der Waals surface area contributed by atoms with Crippen molar-refractivity contribution in [1.82, 2.24) is 0 Å². The van der Waals surface area contributed by atoms with Crippen LogP contribution in [0.4, 0.5) is 5.69 Å². The molecule has 5 nitrogen and oxygen atoms in total. The topological polar surface area (TPSA) is 64.8 Å². The summed E-state index contributed by atoms with van der Waals surface area (Å²) in [5.74, 6) is 1.47. The number of carbonyl (C=O) groups is 1. The van der Waals surface area contributed by atoms with E-state index in [2.05, 4.69) is 13.8 Å². The minimum atomic E-state index is -0.110. The standard InChI is InChI=1S/C14H22N2O3/c1-10(2)9-16(14(17)8-15)11-5-6-12(18-3)13(7-11)19-4/h5-7,10H,8-9,15H2,1-4H3. The van der Waals surface area contributed by atoms with Crippen molar-refractivity contribution < 1.29 is 14.3 Å². The zero-order valence-corrected chi connectivity index (χ0v) is 12.0. The van der Waals surface area contributed by atoms with Crippen LogP contribution in [0.5, 0.6) is 11.5 Å². The summed E-state index contributed by atoms with van der Waals surface area (Å²) in [6.45, 7) is 4.71. The number of hydrogen-bond donors (Lipinski definition) is 1. The van der Waals surface area contributed by atoms with E-state index in [0.717, 1.165) is 5.69 Å². The Hall–Kier alpha value is -1.75. The highest BCUT2D eigenvalue weighted by atomic mass is 16.5. The number of ether oxygens (including phenoxy) is 2. The van der Waals surface area contributed by atoms with Crippen LogP contribution in [-0.2, 0) is 4.79 Å². The Morgan fingerprint density at radius 1 is 1.26 bits per heavy atom. The lowest BCUT2D eigenvalue weighted by atomic mass is 10.1. The van der Waals surface area contributed by atoms with Gasteiger partial charge < -0.3 is 20.1 Å². The highest BCUT2D eigenvalue weighted by molar-refractivity contribution is 5.95. The van der Waals surface area contributed by atoms with E-state index in [1.54, 1.807) is 31.3 Å². The summed E-state index contributed by atoms with van der Waals surface area (Å²) in [6.07, 6.45) is 0. The Balaban J connectivity index is 3.11. The van der Waals surface area contributed by atoms with E-state index in [-0.39, 0.29) is 12.5 Å². The van der Waals surface area contributed by atoms with Gasteiger partial charge in [0.25, 0.3) is 0 Å². The lowest BCUT2D eigenvalue weighted by molar-refractivity contribution is -0.117. The Morgan fingerprint density at radius 3 is 2.37 bits per heavy atom. The summed E-state index contributed by atoms with van der Waals surface area (Å²) >= 11 is 0. The second-order valence-electron chi connectivity index (χ2n) is 4.64. The van der Waals surface area contributed by atoms with Crippen LogP contribution in [0.1, 0.15) is 13.8 Å². The van der Waals surface area contributed by atoms with Crippen molar-refractivity contribution in [3.05, 3.63) is 18.2 Å². The number of methoxy groups -OCH3 is 2. The summed E-state index contributed by atoms with van der Waals surface area (Å²) in [5.41, 5.74) is 6.23. The van der Waals surface area contributed by atoms with Gasteiger partial charge in [-0.15, -0.1) is 0 Å². The van der Waals surface area contributed by atoms with Crippen molar-refractivity contribution in [1.29, 1.82) is 0 Å². The molecule has 0 aliphatic rings. The van der Waals surface area contributed by atoms with Gasteiger partial charge >= 0.3 is 0 Å². The number of amides is 1. The molecular weight excluding hydrogens is 244 g/mol. The van der Waals surface area contributed by atoms with Crippen molar-refractivity contribution in [3.8, 4) is 11.5 Å². The van der Waals surface area contributed by atoms with Crippen LogP contribution >= 0.6 is 0 Å². The molecule has 19 heavy (non-hydrogen) atoms. The number of nitrogens with zero attached hydrogens (tertiary/aromatic N) is 1. The first-order chi connectivity index (χ1) is 9.03. The van der Waals surface area contributed by atoms with E-state index >= 15 is 0 Å². The Labute approximate surface area is 114 Å². The van der Waals surface area contributed by atoms with Crippen LogP contribution in [0, 0.1) is 5.92 Å². The van der Waals surface area contributed by atoms with E-state index in [4.69, 9.17) is 15.2 Å². The van der Waals surface area contributed by atoms with Crippen LogP contribution < -0.4 is 20.1 Å². The van der Waals surface area contributed by atoms with Gasteiger partial charge in [-0.2, -0.15) is 0 Å². The Morgan fingerprint density at radius 2 is 1.89 bits per heavy atom. The van der Waals surface area contributed by atoms with Crippen LogP contribution in [0.3, 0.4) is 0 Å². The van der Waals surface area contributed by atoms with Crippen molar-refractivity contribution in [2.45, 2.75) is 13.8 Å². The van der Waals surface area contributed by atoms with E-state index in [1.807, 2.05) is 6.07 Å². The Kier molecular flexibility index (Phi) is 5.63. The summed E-state index contributed by atoms with van der Waals surface area (Å²) in [6, 6.07) is 5.40. The molecule has 1 rings (SSSR count). The normalized spacial score (nSPS) is 10.4. The molecule has 0 spiro atoms. The van der Waals surface area contributed by atoms with Crippen LogP contribution in [0.2, 0.25) is 0 Å². The fraction of sp³-hybridized carbons (Fsp3) is 0.500. The lowest BCUT2D eigenvalue weighted by Gasteiger charge is -2.25. The maximum absolute atomic E-state index is 11.9. The minimum absolute atomic E-state index is 0.0128. The average Bonchev–Trinajstić information content (AvgIpc) is 2.42. The first-order valence-electron chi connectivity index (χ1n) is 6.26. The molecule has 1 amide bonds. The molecule has 1 aromatic carbocycles. The van der Waals surface area contributed by atoms with Gasteiger partial charge in [0, 0.05) is 18.3 Å². The average molecular weight is 266 g/mol. The second-order valence-corrected chi connectivity index (χ2v) is 4.64. The molecule has 0 unspecified atom stereocenters. The molecule has 0 radical (unpaired) electrons. The maximum Gasteiger partial charge on any atom is 0.240 e. The SMILES string of the molecule is COc1ccc(N(CC(C)C)C(=O)CN)cc1OC. The van der Waals surface area contributed by atoms with Crippen molar-refractivity contribution >= 4 is 11.6 Å². The third-order valence-corrected chi connectivity index (χ3v) is 2.70. The predicted molar refractivity (Wildman–Crippen MR) is 75.8 cm³/mol. The van der Waals surface area contributed by atoms with Crippen LogP contribution in [0.15, 0.2) is 18.2 Å². The highest BCUT2D eigenvalue weighted by Gasteiger charge is 2.17. The van der Waals surface area contributed by atoms with Gasteiger partial charge in [-0.3, -0.25) is 4.79 Å². The lowest BCUT2D eigenvalue weighted by Crippen LogP contribution is -2.38. The van der Waals surface area contributed by atoms with Crippen molar-refractivity contribution in [2.75, 3.05) is 32.2 Å². The molecule has 0 saturated carbocycles. The highest BCUT2D eigenvalue weighted by Crippen LogP contribution is 2.31. The smallest absolute Gasteiger partial charge is 0.240 e. The second kappa shape index (κ2) is 6.99. The monoisotopic (exact) mass is 266 g/mol. The molecule has 0 aromatic heterocycles. The van der Waals surface area contributed by atoms with Gasteiger partial charge in [0.1, 0.15) is 0 Å². The van der Waals surface area contributed by atoms with Crippen molar-refractivity contribution in [2.24, 2.45) is 11.7 Å². The molecule has 1 aromatic rings. The summed E-state index contributed by atoms with van der Waals surface area (Å²) < 4.78 is 10.4. The first kappa shape index (κ1) is 15.3. The summed E-state index contributed by atoms with van der Waals surface area (Å²) in [4.78, 5) is 13.6. The van der Waals surface area contributed by atoms with Crippen LogP contribution in [-0.4, -0.2) is 33.2 Å². The molecule has 0 heterocycles. The van der Waals surface area contributed by atoms with Crippen molar-refractivity contribution in [3.63, 3.8) is 0 Å². The fourth-order valence-electron chi connectivity index (χ4n) is 1.82. The fourth-order valence-corrected chi connectivity index (χ4v) is 1.82. The van der Waals surface area contributed by atoms with Gasteiger partial charge in [0.2, 0.25) is 5.91 Å². The summed E-state index contributed by atoms with van der Waals surface area (Å²) in [7, 11) is 3.15. The molecule has 5 heteroatoms. The van der Waals surface area contributed by atoms with Gasteiger partial charge in [-0.25, -0.2) is 0 Å². The molecule has 0 saturated heterocycles. The molecule has 0 bridgehead atoms. The molecular formula is C14H22N2O3. The predicted octanol–water partition coefficient (Wildman–Crippen LogP) is 1.65. The minimum Gasteiger partial charge on any atom is -0.493 e. The zero-order chi connectivity index (χ0) is 14.4. The summed E-state index contributed by atoms with van der Waals surface area (Å²) in [5, 5.41) is 0. The Bertz CT molecular complexity index is 433. The van der Waals surface area contributed by atoms with E-state index in [1.165, 1.54) is 0 Å². The molecule has 2 N–H and O–H groups in total. The number of benzene rings is 1.